The van der Waals surface area contributed by atoms with Gasteiger partial charge in [0.25, 0.3) is 0 Å². The van der Waals surface area contributed by atoms with E-state index < -0.39 is 0 Å². The van der Waals surface area contributed by atoms with Crippen molar-refractivity contribution in [1.82, 2.24) is 4.90 Å². The summed E-state index contributed by atoms with van der Waals surface area (Å²) in [5, 5.41) is 8.56. The maximum Gasteiger partial charge on any atom is 0.0698 e. The van der Waals surface area contributed by atoms with Crippen LogP contribution in [0.1, 0.15) is 13.8 Å². The van der Waals surface area contributed by atoms with Gasteiger partial charge >= 0.3 is 0 Å². The van der Waals surface area contributed by atoms with Crippen LogP contribution in [0, 0.1) is 0 Å². The van der Waals surface area contributed by atoms with Gasteiger partial charge in [0.1, 0.15) is 0 Å². The number of nitrogens with zero attached hydrogens (tertiary/aromatic N) is 1. The third-order valence-electron chi connectivity index (χ3n) is 1.77. The summed E-state index contributed by atoms with van der Waals surface area (Å²) in [5.41, 5.74) is 2.27. The summed E-state index contributed by atoms with van der Waals surface area (Å²) in [6.45, 7) is 15.5. The SMILES string of the molecule is C=C(C)CN(CCOCCO)CC(=C)C. The van der Waals surface area contributed by atoms with Crippen LogP contribution >= 0.6 is 0 Å². The highest BCUT2D eigenvalue weighted by molar-refractivity contribution is 4.97. The first-order valence-corrected chi connectivity index (χ1v) is 5.26. The highest BCUT2D eigenvalue weighted by Crippen LogP contribution is 2.00. The average Bonchev–Trinajstić information content (AvgIpc) is 2.10. The Bertz CT molecular complexity index is 186. The van der Waals surface area contributed by atoms with E-state index in [0.717, 1.165) is 30.8 Å². The molecule has 15 heavy (non-hydrogen) atoms. The first-order valence-electron chi connectivity index (χ1n) is 5.26. The van der Waals surface area contributed by atoms with Crippen LogP contribution in [-0.2, 0) is 4.74 Å². The quantitative estimate of drug-likeness (QED) is 0.465. The lowest BCUT2D eigenvalue weighted by atomic mass is 10.2. The number of ether oxygens (including phenoxy) is 1. The summed E-state index contributed by atoms with van der Waals surface area (Å²) in [6, 6.07) is 0. The fraction of sp³-hybridized carbons (Fsp3) is 0.667. The van der Waals surface area contributed by atoms with Gasteiger partial charge in [-0.15, -0.1) is 0 Å². The van der Waals surface area contributed by atoms with Gasteiger partial charge in [0, 0.05) is 19.6 Å². The molecule has 0 aliphatic carbocycles. The molecule has 1 N–H and O–H groups in total. The van der Waals surface area contributed by atoms with Crippen LogP contribution in [0.4, 0.5) is 0 Å². The second-order valence-electron chi connectivity index (χ2n) is 3.96. The van der Waals surface area contributed by atoms with E-state index in [-0.39, 0.29) is 6.61 Å². The summed E-state index contributed by atoms with van der Waals surface area (Å²) in [6.07, 6.45) is 0. The van der Waals surface area contributed by atoms with Gasteiger partial charge in [0.2, 0.25) is 0 Å². The summed E-state index contributed by atoms with van der Waals surface area (Å²) < 4.78 is 5.23. The molecule has 0 radical (unpaired) electrons. The maximum absolute atomic E-state index is 8.56. The topological polar surface area (TPSA) is 32.7 Å². The lowest BCUT2D eigenvalue weighted by Crippen LogP contribution is -2.30. The van der Waals surface area contributed by atoms with E-state index >= 15 is 0 Å². The van der Waals surface area contributed by atoms with Crippen molar-refractivity contribution in [2.24, 2.45) is 0 Å². The normalized spacial score (nSPS) is 10.7. The zero-order valence-electron chi connectivity index (χ0n) is 9.96. The van der Waals surface area contributed by atoms with E-state index in [1.165, 1.54) is 0 Å². The molecule has 0 bridgehead atoms. The Hall–Kier alpha value is -0.640. The molecule has 0 amide bonds. The van der Waals surface area contributed by atoms with Crippen molar-refractivity contribution in [1.29, 1.82) is 0 Å². The fourth-order valence-corrected chi connectivity index (χ4v) is 1.34. The number of hydrogen-bond donors (Lipinski definition) is 1. The van der Waals surface area contributed by atoms with Crippen LogP contribution in [0.5, 0.6) is 0 Å². The van der Waals surface area contributed by atoms with Crippen molar-refractivity contribution in [3.05, 3.63) is 24.3 Å². The Kier molecular flexibility index (Phi) is 8.28. The summed E-state index contributed by atoms with van der Waals surface area (Å²) in [4.78, 5) is 2.24. The predicted molar refractivity (Wildman–Crippen MR) is 64.0 cm³/mol. The van der Waals surface area contributed by atoms with Gasteiger partial charge in [-0.25, -0.2) is 0 Å². The number of rotatable bonds is 9. The molecule has 0 saturated carbocycles. The van der Waals surface area contributed by atoms with Crippen molar-refractivity contribution >= 4 is 0 Å². The lowest BCUT2D eigenvalue weighted by Gasteiger charge is -2.22. The van der Waals surface area contributed by atoms with Crippen LogP contribution in [0.2, 0.25) is 0 Å². The Labute approximate surface area is 93.0 Å². The summed E-state index contributed by atoms with van der Waals surface area (Å²) in [5.74, 6) is 0. The molecule has 0 heterocycles. The minimum atomic E-state index is 0.0843. The maximum atomic E-state index is 8.56. The smallest absolute Gasteiger partial charge is 0.0698 e. The molecule has 0 spiro atoms. The molecule has 0 aromatic heterocycles. The van der Waals surface area contributed by atoms with Crippen LogP contribution in [0.25, 0.3) is 0 Å². The van der Waals surface area contributed by atoms with Crippen molar-refractivity contribution in [2.45, 2.75) is 13.8 Å². The van der Waals surface area contributed by atoms with Crippen molar-refractivity contribution < 1.29 is 9.84 Å². The number of hydrogen-bond acceptors (Lipinski definition) is 3. The second kappa shape index (κ2) is 8.65. The first-order chi connectivity index (χ1) is 7.06. The van der Waals surface area contributed by atoms with E-state index in [2.05, 4.69) is 18.1 Å². The fourth-order valence-electron chi connectivity index (χ4n) is 1.34. The van der Waals surface area contributed by atoms with Crippen LogP contribution in [-0.4, -0.2) is 49.5 Å². The predicted octanol–water partition coefficient (Wildman–Crippen LogP) is 1.45. The van der Waals surface area contributed by atoms with E-state index in [1.54, 1.807) is 0 Å². The van der Waals surface area contributed by atoms with Crippen molar-refractivity contribution in [3.8, 4) is 0 Å². The van der Waals surface area contributed by atoms with E-state index in [4.69, 9.17) is 9.84 Å². The monoisotopic (exact) mass is 213 g/mol. The standard InChI is InChI=1S/C12H23NO2/c1-11(2)9-13(10-12(3)4)5-7-15-8-6-14/h14H,1,3,5-10H2,2,4H3. The Balaban J connectivity index is 3.79. The highest BCUT2D eigenvalue weighted by Gasteiger charge is 2.04. The molecule has 0 aromatic carbocycles. The zero-order valence-corrected chi connectivity index (χ0v) is 9.96. The van der Waals surface area contributed by atoms with Gasteiger partial charge in [0.15, 0.2) is 0 Å². The highest BCUT2D eigenvalue weighted by atomic mass is 16.5. The molecule has 0 aliphatic heterocycles. The average molecular weight is 213 g/mol. The molecule has 88 valence electrons. The summed E-state index contributed by atoms with van der Waals surface area (Å²) >= 11 is 0. The second-order valence-corrected chi connectivity index (χ2v) is 3.96. The van der Waals surface area contributed by atoms with E-state index in [1.807, 2.05) is 13.8 Å². The largest absolute Gasteiger partial charge is 0.394 e. The number of aliphatic hydroxyl groups is 1. The van der Waals surface area contributed by atoms with E-state index in [0.29, 0.717) is 13.2 Å². The Morgan fingerprint density at radius 1 is 1.13 bits per heavy atom. The molecule has 0 rings (SSSR count). The molecular weight excluding hydrogens is 190 g/mol. The van der Waals surface area contributed by atoms with Crippen molar-refractivity contribution in [2.75, 3.05) is 39.5 Å². The molecule has 0 unspecified atom stereocenters. The lowest BCUT2D eigenvalue weighted by molar-refractivity contribution is 0.0771. The van der Waals surface area contributed by atoms with Crippen LogP contribution in [0.15, 0.2) is 24.3 Å². The molecule has 0 aromatic rings. The molecule has 0 fully saturated rings. The third kappa shape index (κ3) is 9.66. The minimum Gasteiger partial charge on any atom is -0.394 e. The van der Waals surface area contributed by atoms with Gasteiger partial charge < -0.3 is 9.84 Å². The van der Waals surface area contributed by atoms with Gasteiger partial charge in [-0.2, -0.15) is 0 Å². The minimum absolute atomic E-state index is 0.0843. The zero-order chi connectivity index (χ0) is 11.7. The first kappa shape index (κ1) is 14.4. The molecule has 0 atom stereocenters. The molecule has 0 saturated heterocycles. The van der Waals surface area contributed by atoms with Gasteiger partial charge in [-0.05, 0) is 13.8 Å². The molecular formula is C12H23NO2. The number of aliphatic hydroxyl groups excluding tert-OH is 1. The van der Waals surface area contributed by atoms with Gasteiger partial charge in [0.05, 0.1) is 19.8 Å². The Morgan fingerprint density at radius 3 is 2.07 bits per heavy atom. The van der Waals surface area contributed by atoms with Crippen LogP contribution < -0.4 is 0 Å². The van der Waals surface area contributed by atoms with Crippen molar-refractivity contribution in [3.63, 3.8) is 0 Å². The third-order valence-corrected chi connectivity index (χ3v) is 1.77. The molecule has 3 nitrogen and oxygen atoms in total. The van der Waals surface area contributed by atoms with Crippen LogP contribution in [0.3, 0.4) is 0 Å². The molecule has 0 aliphatic rings. The Morgan fingerprint density at radius 2 is 1.67 bits per heavy atom. The van der Waals surface area contributed by atoms with E-state index in [9.17, 15) is 0 Å². The molecule has 3 heteroatoms. The summed E-state index contributed by atoms with van der Waals surface area (Å²) in [7, 11) is 0. The van der Waals surface area contributed by atoms with Gasteiger partial charge in [-0.1, -0.05) is 24.3 Å². The van der Waals surface area contributed by atoms with Gasteiger partial charge in [-0.3, -0.25) is 4.90 Å².